The lowest BCUT2D eigenvalue weighted by molar-refractivity contribution is 0.0113. The number of ether oxygens (including phenoxy) is 1. The molecule has 0 aromatic heterocycles. The van der Waals surface area contributed by atoms with E-state index in [1.54, 1.807) is 20.8 Å². The van der Waals surface area contributed by atoms with Crippen LogP contribution in [0.15, 0.2) is 12.1 Å². The summed E-state index contributed by atoms with van der Waals surface area (Å²) in [6, 6.07) is 1.84. The highest BCUT2D eigenvalue weighted by Crippen LogP contribution is 2.27. The number of aliphatic hydroxyl groups excluding tert-OH is 2. The summed E-state index contributed by atoms with van der Waals surface area (Å²) in [6.07, 6.45) is -4.01. The van der Waals surface area contributed by atoms with Gasteiger partial charge in [-0.3, -0.25) is 0 Å². The number of carbonyl (C=O) groups excluding carboxylic acids is 1. The molecule has 0 radical (unpaired) electrons. The Morgan fingerprint density at radius 1 is 1.36 bits per heavy atom. The van der Waals surface area contributed by atoms with Gasteiger partial charge in [-0.2, -0.15) is 0 Å². The third kappa shape index (κ3) is 5.08. The molecule has 22 heavy (non-hydrogen) atoms. The van der Waals surface area contributed by atoms with Gasteiger partial charge >= 0.3 is 6.09 Å². The normalized spacial score (nSPS) is 14.4. The summed E-state index contributed by atoms with van der Waals surface area (Å²) >= 11 is 5.40. The van der Waals surface area contributed by atoms with E-state index in [1.807, 2.05) is 0 Å². The van der Waals surface area contributed by atoms with Crippen LogP contribution in [0.5, 0.6) is 0 Å². The van der Waals surface area contributed by atoms with E-state index in [0.29, 0.717) is 0 Å². The molecule has 0 bridgehead atoms. The minimum Gasteiger partial charge on any atom is -0.444 e. The predicted molar refractivity (Wildman–Crippen MR) is 76.6 cm³/mol. The first-order valence-corrected chi connectivity index (χ1v) is 6.87. The zero-order valence-corrected chi connectivity index (χ0v) is 13.1. The Bertz CT molecular complexity index is 548. The number of carbonyl (C=O) groups is 1. The summed E-state index contributed by atoms with van der Waals surface area (Å²) in [5, 5.41) is 21.1. The van der Waals surface area contributed by atoms with Crippen LogP contribution < -0.4 is 5.32 Å². The highest BCUT2D eigenvalue weighted by molar-refractivity contribution is 6.30. The number of benzene rings is 1. The Labute approximate surface area is 131 Å². The van der Waals surface area contributed by atoms with Crippen molar-refractivity contribution in [1.82, 2.24) is 5.32 Å². The van der Waals surface area contributed by atoms with Crippen molar-refractivity contribution in [1.29, 1.82) is 0 Å². The number of halogens is 3. The lowest BCUT2D eigenvalue weighted by atomic mass is 10.0. The maximum absolute atomic E-state index is 13.7. The van der Waals surface area contributed by atoms with Crippen molar-refractivity contribution in [3.8, 4) is 0 Å². The van der Waals surface area contributed by atoms with Gasteiger partial charge < -0.3 is 20.3 Å². The second-order valence-corrected chi connectivity index (χ2v) is 6.04. The number of aliphatic hydroxyl groups is 2. The Hall–Kier alpha value is -1.44. The molecule has 5 nitrogen and oxygen atoms in total. The molecule has 0 aliphatic rings. The first-order chi connectivity index (χ1) is 10.0. The highest BCUT2D eigenvalue weighted by atomic mass is 35.5. The van der Waals surface area contributed by atoms with Crippen LogP contribution >= 0.6 is 11.6 Å². The minimum atomic E-state index is -1.69. The summed E-state index contributed by atoms with van der Waals surface area (Å²) in [5.41, 5.74) is -1.09. The number of amides is 1. The minimum absolute atomic E-state index is 0.370. The Kier molecular flexibility index (Phi) is 6.10. The summed E-state index contributed by atoms with van der Waals surface area (Å²) in [5.74, 6) is -2.14. The van der Waals surface area contributed by atoms with Crippen molar-refractivity contribution in [2.24, 2.45) is 0 Å². The Balaban J connectivity index is 2.68. The molecule has 0 saturated carbocycles. The maximum atomic E-state index is 13.7. The fourth-order valence-electron chi connectivity index (χ4n) is 1.59. The van der Waals surface area contributed by atoms with E-state index in [-0.39, 0.29) is 12.1 Å². The van der Waals surface area contributed by atoms with Crippen molar-refractivity contribution in [2.45, 2.75) is 38.6 Å². The van der Waals surface area contributed by atoms with Crippen molar-refractivity contribution < 1.29 is 28.5 Å². The van der Waals surface area contributed by atoms with Gasteiger partial charge in [0.2, 0.25) is 0 Å². The summed E-state index contributed by atoms with van der Waals surface area (Å²) in [7, 11) is 0. The van der Waals surface area contributed by atoms with Crippen LogP contribution in [0.2, 0.25) is 5.02 Å². The largest absolute Gasteiger partial charge is 0.444 e. The maximum Gasteiger partial charge on any atom is 0.407 e. The van der Waals surface area contributed by atoms with Gasteiger partial charge in [-0.25, -0.2) is 13.6 Å². The second-order valence-electron chi connectivity index (χ2n) is 5.66. The molecule has 1 aromatic carbocycles. The number of hydrogen-bond acceptors (Lipinski definition) is 4. The van der Waals surface area contributed by atoms with Gasteiger partial charge in [-0.05, 0) is 26.8 Å². The summed E-state index contributed by atoms with van der Waals surface area (Å²) in [4.78, 5) is 11.4. The fourth-order valence-corrected chi connectivity index (χ4v) is 1.76. The standard InChI is InChI=1S/C14H18ClF2NO4/c1-14(2,3)22-13(21)18-6-9(19)12(20)7-4-5-8(16)10(15)11(7)17/h4-5,9,12,19-20H,6H2,1-3H3,(H,18,21). The zero-order chi connectivity index (χ0) is 17.1. The van der Waals surface area contributed by atoms with Crippen molar-refractivity contribution in [2.75, 3.05) is 6.54 Å². The molecule has 1 rings (SSSR count). The van der Waals surface area contributed by atoms with Crippen LogP contribution in [0.3, 0.4) is 0 Å². The van der Waals surface area contributed by atoms with E-state index in [1.165, 1.54) is 0 Å². The van der Waals surface area contributed by atoms with Crippen molar-refractivity contribution in [3.05, 3.63) is 34.4 Å². The quantitative estimate of drug-likeness (QED) is 0.738. The zero-order valence-electron chi connectivity index (χ0n) is 12.4. The van der Waals surface area contributed by atoms with Gasteiger partial charge in [0.25, 0.3) is 0 Å². The third-order valence-corrected chi connectivity index (χ3v) is 2.95. The van der Waals surface area contributed by atoms with E-state index in [9.17, 15) is 23.8 Å². The molecule has 2 unspecified atom stereocenters. The van der Waals surface area contributed by atoms with Gasteiger partial charge in [0.15, 0.2) is 5.82 Å². The number of nitrogens with one attached hydrogen (secondary N) is 1. The molecule has 124 valence electrons. The smallest absolute Gasteiger partial charge is 0.407 e. The molecule has 8 heteroatoms. The first kappa shape index (κ1) is 18.6. The molecule has 3 N–H and O–H groups in total. The molecular weight excluding hydrogens is 320 g/mol. The lowest BCUT2D eigenvalue weighted by Gasteiger charge is -2.22. The van der Waals surface area contributed by atoms with E-state index in [0.717, 1.165) is 12.1 Å². The van der Waals surface area contributed by atoms with Gasteiger partial charge in [0.1, 0.15) is 28.6 Å². The fraction of sp³-hybridized carbons (Fsp3) is 0.500. The predicted octanol–water partition coefficient (Wildman–Crippen LogP) is 2.54. The molecule has 2 atom stereocenters. The third-order valence-electron chi connectivity index (χ3n) is 2.60. The van der Waals surface area contributed by atoms with Crippen molar-refractivity contribution >= 4 is 17.7 Å². The average Bonchev–Trinajstić information content (AvgIpc) is 2.40. The van der Waals surface area contributed by atoms with E-state index < -0.39 is 40.6 Å². The lowest BCUT2D eigenvalue weighted by Crippen LogP contribution is -2.39. The van der Waals surface area contributed by atoms with Crippen LogP contribution in [0.25, 0.3) is 0 Å². The van der Waals surface area contributed by atoms with Crippen LogP contribution in [-0.2, 0) is 4.74 Å². The topological polar surface area (TPSA) is 78.8 Å². The molecule has 1 aromatic rings. The van der Waals surface area contributed by atoms with Crippen LogP contribution in [0.1, 0.15) is 32.4 Å². The first-order valence-electron chi connectivity index (χ1n) is 6.49. The average molecular weight is 338 g/mol. The van der Waals surface area contributed by atoms with Gasteiger partial charge in [-0.15, -0.1) is 0 Å². The van der Waals surface area contributed by atoms with Gasteiger partial charge in [-0.1, -0.05) is 17.7 Å². The van der Waals surface area contributed by atoms with Gasteiger partial charge in [0, 0.05) is 12.1 Å². The molecule has 0 fully saturated rings. The monoisotopic (exact) mass is 337 g/mol. The second kappa shape index (κ2) is 7.21. The van der Waals surface area contributed by atoms with Crippen LogP contribution in [-0.4, -0.2) is 34.6 Å². The number of rotatable bonds is 4. The van der Waals surface area contributed by atoms with Crippen LogP contribution in [0.4, 0.5) is 13.6 Å². The number of hydrogen-bond donors (Lipinski definition) is 3. The number of alkyl carbamates (subject to hydrolysis) is 1. The molecular formula is C14H18ClF2NO4. The Morgan fingerprint density at radius 3 is 2.50 bits per heavy atom. The SMILES string of the molecule is CC(C)(C)OC(=O)NCC(O)C(O)c1ccc(F)c(Cl)c1F. The highest BCUT2D eigenvalue weighted by Gasteiger charge is 2.25. The van der Waals surface area contributed by atoms with E-state index in [2.05, 4.69) is 5.32 Å². The summed E-state index contributed by atoms with van der Waals surface area (Å²) < 4.78 is 31.7. The molecule has 0 heterocycles. The molecule has 1 amide bonds. The van der Waals surface area contributed by atoms with Crippen LogP contribution in [0, 0.1) is 11.6 Å². The molecule has 0 spiro atoms. The summed E-state index contributed by atoms with van der Waals surface area (Å²) in [6.45, 7) is 4.60. The molecule has 0 aliphatic heterocycles. The molecule has 0 aliphatic carbocycles. The van der Waals surface area contributed by atoms with Crippen molar-refractivity contribution in [3.63, 3.8) is 0 Å². The van der Waals surface area contributed by atoms with E-state index >= 15 is 0 Å². The van der Waals surface area contributed by atoms with Gasteiger partial charge in [0.05, 0.1) is 0 Å². The van der Waals surface area contributed by atoms with E-state index in [4.69, 9.17) is 16.3 Å². The Morgan fingerprint density at radius 2 is 1.95 bits per heavy atom. The molecule has 0 saturated heterocycles.